The highest BCUT2D eigenvalue weighted by Gasteiger charge is 2.29. The Morgan fingerprint density at radius 2 is 1.96 bits per heavy atom. The molecule has 8 heteroatoms. The molecule has 0 bridgehead atoms. The third-order valence-corrected chi connectivity index (χ3v) is 5.42. The molecular formula is C20H21N5O2S. The molecule has 1 aliphatic carbocycles. The molecule has 3 aromatic rings. The van der Waals surface area contributed by atoms with Crippen molar-refractivity contribution < 1.29 is 9.53 Å². The molecule has 7 nitrogen and oxygen atoms in total. The molecule has 0 radical (unpaired) electrons. The number of carbonyl (C=O) groups is 1. The molecule has 1 amide bonds. The zero-order valence-electron chi connectivity index (χ0n) is 15.5. The predicted molar refractivity (Wildman–Crippen MR) is 107 cm³/mol. The van der Waals surface area contributed by atoms with Crippen molar-refractivity contribution in [1.29, 1.82) is 0 Å². The first-order valence-corrected chi connectivity index (χ1v) is 10.1. The van der Waals surface area contributed by atoms with Crippen molar-refractivity contribution in [1.82, 2.24) is 20.2 Å². The molecule has 28 heavy (non-hydrogen) atoms. The molecule has 144 valence electrons. The third kappa shape index (κ3) is 4.69. The molecule has 1 N–H and O–H groups in total. The summed E-state index contributed by atoms with van der Waals surface area (Å²) in [5.74, 6) is 0.668. The van der Waals surface area contributed by atoms with Crippen molar-refractivity contribution in [2.45, 2.75) is 42.8 Å². The standard InChI is InChI=1S/C20H21N5O2S/c1-14(28-20-22-23-24-25(20)17-9-10-17)19(26)21-16-7-11-18(12-8-16)27-13-15-5-3-2-4-6-15/h2-8,11-12,14,17H,9-10,13H2,1H3,(H,21,26)/t14-/m0/s1. The van der Waals surface area contributed by atoms with E-state index >= 15 is 0 Å². The van der Waals surface area contributed by atoms with Crippen LogP contribution in [-0.2, 0) is 11.4 Å². The molecule has 0 spiro atoms. The van der Waals surface area contributed by atoms with Crippen LogP contribution >= 0.6 is 11.8 Å². The van der Waals surface area contributed by atoms with Gasteiger partial charge >= 0.3 is 0 Å². The van der Waals surface area contributed by atoms with Gasteiger partial charge in [-0.1, -0.05) is 42.1 Å². The van der Waals surface area contributed by atoms with E-state index in [9.17, 15) is 4.79 Å². The maximum Gasteiger partial charge on any atom is 0.237 e. The predicted octanol–water partition coefficient (Wildman–Crippen LogP) is 3.71. The van der Waals surface area contributed by atoms with Gasteiger partial charge in [-0.15, -0.1) is 5.10 Å². The van der Waals surface area contributed by atoms with Crippen LogP contribution in [0.5, 0.6) is 5.75 Å². The molecule has 0 unspecified atom stereocenters. The number of carbonyl (C=O) groups excluding carboxylic acids is 1. The summed E-state index contributed by atoms with van der Waals surface area (Å²) in [6, 6.07) is 17.8. The van der Waals surface area contributed by atoms with E-state index in [0.29, 0.717) is 17.8 Å². The number of aromatic nitrogens is 4. The third-order valence-electron chi connectivity index (χ3n) is 4.38. The number of benzene rings is 2. The average molecular weight is 395 g/mol. The molecule has 1 aromatic heterocycles. The fourth-order valence-electron chi connectivity index (χ4n) is 2.64. The molecule has 1 aliphatic rings. The summed E-state index contributed by atoms with van der Waals surface area (Å²) >= 11 is 1.37. The van der Waals surface area contributed by atoms with E-state index in [0.717, 1.165) is 29.8 Å². The summed E-state index contributed by atoms with van der Waals surface area (Å²) in [4.78, 5) is 12.5. The second kappa shape index (κ2) is 8.43. The number of amides is 1. The number of nitrogens with zero attached hydrogens (tertiary/aromatic N) is 4. The van der Waals surface area contributed by atoms with Crippen LogP contribution in [0.2, 0.25) is 0 Å². The fourth-order valence-corrected chi connectivity index (χ4v) is 3.50. The maximum atomic E-state index is 12.5. The van der Waals surface area contributed by atoms with Crippen molar-refractivity contribution in [3.63, 3.8) is 0 Å². The van der Waals surface area contributed by atoms with Gasteiger partial charge in [-0.05, 0) is 60.0 Å². The van der Waals surface area contributed by atoms with Gasteiger partial charge in [-0.3, -0.25) is 4.79 Å². The van der Waals surface area contributed by atoms with Gasteiger partial charge in [0.05, 0.1) is 11.3 Å². The Labute approximate surface area is 167 Å². The van der Waals surface area contributed by atoms with Crippen LogP contribution in [0.15, 0.2) is 59.8 Å². The lowest BCUT2D eigenvalue weighted by atomic mass is 10.2. The summed E-state index contributed by atoms with van der Waals surface area (Å²) in [6.07, 6.45) is 2.19. The van der Waals surface area contributed by atoms with Crippen molar-refractivity contribution >= 4 is 23.4 Å². The number of hydrogen-bond donors (Lipinski definition) is 1. The smallest absolute Gasteiger partial charge is 0.237 e. The lowest BCUT2D eigenvalue weighted by Crippen LogP contribution is -2.23. The Morgan fingerprint density at radius 1 is 1.21 bits per heavy atom. The summed E-state index contributed by atoms with van der Waals surface area (Å²) < 4.78 is 7.58. The van der Waals surface area contributed by atoms with Gasteiger partial charge < -0.3 is 10.1 Å². The lowest BCUT2D eigenvalue weighted by Gasteiger charge is -2.12. The number of thioether (sulfide) groups is 1. The normalized spacial score (nSPS) is 14.5. The van der Waals surface area contributed by atoms with Crippen molar-refractivity contribution in [2.24, 2.45) is 0 Å². The largest absolute Gasteiger partial charge is 0.489 e. The summed E-state index contributed by atoms with van der Waals surface area (Å²) in [7, 11) is 0. The van der Waals surface area contributed by atoms with Crippen LogP contribution in [0, 0.1) is 0 Å². The monoisotopic (exact) mass is 395 g/mol. The zero-order chi connectivity index (χ0) is 19.3. The maximum absolute atomic E-state index is 12.5. The first-order valence-electron chi connectivity index (χ1n) is 9.21. The van der Waals surface area contributed by atoms with Crippen LogP contribution in [0.4, 0.5) is 5.69 Å². The van der Waals surface area contributed by atoms with E-state index in [1.54, 1.807) is 0 Å². The van der Waals surface area contributed by atoms with E-state index < -0.39 is 0 Å². The summed E-state index contributed by atoms with van der Waals surface area (Å²) in [5.41, 5.74) is 1.84. The number of nitrogens with one attached hydrogen (secondary N) is 1. The topological polar surface area (TPSA) is 81.9 Å². The highest BCUT2D eigenvalue weighted by Crippen LogP contribution is 2.37. The Morgan fingerprint density at radius 3 is 2.68 bits per heavy atom. The molecule has 1 heterocycles. The van der Waals surface area contributed by atoms with E-state index in [1.807, 2.05) is 66.2 Å². The zero-order valence-corrected chi connectivity index (χ0v) is 16.3. The minimum absolute atomic E-state index is 0.0895. The first kappa shape index (κ1) is 18.5. The summed E-state index contributed by atoms with van der Waals surface area (Å²) in [5, 5.41) is 15.1. The molecule has 4 rings (SSSR count). The van der Waals surface area contributed by atoms with Gasteiger partial charge in [0.2, 0.25) is 11.1 Å². The van der Waals surface area contributed by atoms with Crippen molar-refractivity contribution in [3.8, 4) is 5.75 Å². The lowest BCUT2D eigenvalue weighted by molar-refractivity contribution is -0.115. The highest BCUT2D eigenvalue weighted by atomic mass is 32.2. The number of rotatable bonds is 8. The van der Waals surface area contributed by atoms with Crippen molar-refractivity contribution in [3.05, 3.63) is 60.2 Å². The highest BCUT2D eigenvalue weighted by molar-refractivity contribution is 8.00. The van der Waals surface area contributed by atoms with Crippen LogP contribution in [-0.4, -0.2) is 31.4 Å². The van der Waals surface area contributed by atoms with E-state index in [2.05, 4.69) is 20.8 Å². The Kier molecular flexibility index (Phi) is 5.57. The Balaban J connectivity index is 1.29. The van der Waals surface area contributed by atoms with E-state index in [1.165, 1.54) is 11.8 Å². The molecular weight excluding hydrogens is 374 g/mol. The average Bonchev–Trinajstić information content (AvgIpc) is 3.47. The Bertz CT molecular complexity index is 925. The molecule has 0 saturated heterocycles. The second-order valence-electron chi connectivity index (χ2n) is 6.69. The summed E-state index contributed by atoms with van der Waals surface area (Å²) in [6.45, 7) is 2.36. The first-order chi connectivity index (χ1) is 13.7. The quantitative estimate of drug-likeness (QED) is 0.586. The van der Waals surface area contributed by atoms with Gasteiger partial charge in [0.1, 0.15) is 12.4 Å². The van der Waals surface area contributed by atoms with Gasteiger partial charge in [-0.2, -0.15) is 0 Å². The van der Waals surface area contributed by atoms with Gasteiger partial charge in [-0.25, -0.2) is 4.68 Å². The molecule has 0 aliphatic heterocycles. The minimum atomic E-state index is -0.308. The van der Waals surface area contributed by atoms with Gasteiger partial charge in [0.15, 0.2) is 0 Å². The van der Waals surface area contributed by atoms with Crippen LogP contribution in [0.25, 0.3) is 0 Å². The van der Waals surface area contributed by atoms with Crippen molar-refractivity contribution in [2.75, 3.05) is 5.32 Å². The Hall–Kier alpha value is -2.87. The number of ether oxygens (including phenoxy) is 1. The SMILES string of the molecule is C[C@H](Sc1nnnn1C1CC1)C(=O)Nc1ccc(OCc2ccccc2)cc1. The molecule has 1 atom stereocenters. The van der Waals surface area contributed by atoms with Crippen LogP contribution < -0.4 is 10.1 Å². The number of hydrogen-bond acceptors (Lipinski definition) is 6. The minimum Gasteiger partial charge on any atom is -0.489 e. The fraction of sp³-hybridized carbons (Fsp3) is 0.300. The van der Waals surface area contributed by atoms with E-state index in [4.69, 9.17) is 4.74 Å². The van der Waals surface area contributed by atoms with E-state index in [-0.39, 0.29) is 11.2 Å². The second-order valence-corrected chi connectivity index (χ2v) is 7.99. The van der Waals surface area contributed by atoms with Crippen LogP contribution in [0.3, 0.4) is 0 Å². The van der Waals surface area contributed by atoms with Gasteiger partial charge in [0.25, 0.3) is 0 Å². The number of anilines is 1. The number of tetrazole rings is 1. The van der Waals surface area contributed by atoms with Gasteiger partial charge in [0, 0.05) is 5.69 Å². The molecule has 1 fully saturated rings. The van der Waals surface area contributed by atoms with Crippen LogP contribution in [0.1, 0.15) is 31.4 Å². The molecule has 1 saturated carbocycles. The molecule has 2 aromatic carbocycles.